The molecule has 0 radical (unpaired) electrons. The van der Waals surface area contributed by atoms with Crippen molar-refractivity contribution >= 4 is 66.1 Å². The second-order valence-electron chi connectivity index (χ2n) is 13.5. The van der Waals surface area contributed by atoms with Crippen molar-refractivity contribution in [1.29, 1.82) is 0 Å². The summed E-state index contributed by atoms with van der Waals surface area (Å²) in [6.07, 6.45) is 3.97. The first kappa shape index (κ1) is 28.9. The first-order valence-corrected chi connectivity index (χ1v) is 17.6. The van der Waals surface area contributed by atoms with E-state index < -0.39 is 0 Å². The topological polar surface area (TPSA) is 65.0 Å². The highest BCUT2D eigenvalue weighted by Gasteiger charge is 2.25. The van der Waals surface area contributed by atoms with E-state index in [1.54, 1.807) is 0 Å². The summed E-state index contributed by atoms with van der Waals surface area (Å²) in [7, 11) is 0. The van der Waals surface area contributed by atoms with Crippen molar-refractivity contribution in [2.24, 2.45) is 0 Å². The van der Waals surface area contributed by atoms with Crippen LogP contribution in [-0.4, -0.2) is 15.0 Å². The molecule has 0 amide bonds. The quantitative estimate of drug-likeness (QED) is 0.187. The van der Waals surface area contributed by atoms with Crippen LogP contribution < -0.4 is 0 Å². The van der Waals surface area contributed by atoms with E-state index in [0.29, 0.717) is 17.5 Å². The maximum Gasteiger partial charge on any atom is 0.164 e. The number of furan rings is 2. The Labute approximate surface area is 298 Å². The molecule has 7 aromatic carbocycles. The molecule has 10 aromatic rings. The number of rotatable bonds is 4. The van der Waals surface area contributed by atoms with Crippen LogP contribution in [0.2, 0.25) is 0 Å². The first-order valence-electron chi connectivity index (χ1n) is 17.6. The minimum Gasteiger partial charge on any atom is -0.460 e. The minimum absolute atomic E-state index is 0.610. The SMILES string of the molecule is C1=C(c2cccc3oc4ccccc4c23)CCc2oc3cccc(-c4nc(-c5ccc6ccccc6c5)nc(-c5ccc6ccccc6c5)n4)c3c21. The molecule has 0 N–H and O–H groups in total. The number of hydrogen-bond donors (Lipinski definition) is 0. The zero-order chi connectivity index (χ0) is 34.2. The molecule has 11 rings (SSSR count). The van der Waals surface area contributed by atoms with Crippen LogP contribution in [0.1, 0.15) is 23.3 Å². The van der Waals surface area contributed by atoms with Crippen molar-refractivity contribution in [3.8, 4) is 34.2 Å². The summed E-state index contributed by atoms with van der Waals surface area (Å²) in [6, 6.07) is 50.3. The Balaban J connectivity index is 1.13. The highest BCUT2D eigenvalue weighted by atomic mass is 16.3. The van der Waals surface area contributed by atoms with Crippen molar-refractivity contribution in [1.82, 2.24) is 15.0 Å². The van der Waals surface area contributed by atoms with E-state index in [1.807, 2.05) is 24.3 Å². The maximum atomic E-state index is 6.57. The van der Waals surface area contributed by atoms with Crippen LogP contribution in [0.3, 0.4) is 0 Å². The van der Waals surface area contributed by atoms with Gasteiger partial charge in [0, 0.05) is 44.8 Å². The zero-order valence-corrected chi connectivity index (χ0v) is 28.0. The van der Waals surface area contributed by atoms with Gasteiger partial charge in [-0.3, -0.25) is 0 Å². The number of para-hydroxylation sites is 1. The Morgan fingerprint density at radius 1 is 0.423 bits per heavy atom. The fourth-order valence-electron chi connectivity index (χ4n) is 7.91. The monoisotopic (exact) mass is 667 g/mol. The van der Waals surface area contributed by atoms with Crippen LogP contribution in [0.15, 0.2) is 154 Å². The molecule has 0 unspecified atom stereocenters. The number of allylic oxidation sites excluding steroid dienone is 1. The Bertz CT molecular complexity index is 3000. The van der Waals surface area contributed by atoms with Gasteiger partial charge in [-0.2, -0.15) is 0 Å². The molecule has 0 saturated heterocycles. The van der Waals surface area contributed by atoms with E-state index in [9.17, 15) is 0 Å². The lowest BCUT2D eigenvalue weighted by Gasteiger charge is -2.15. The van der Waals surface area contributed by atoms with Crippen molar-refractivity contribution in [2.45, 2.75) is 12.8 Å². The summed E-state index contributed by atoms with van der Waals surface area (Å²) in [4.78, 5) is 15.5. The third kappa shape index (κ3) is 4.60. The fraction of sp³-hybridized carbons (Fsp3) is 0.0426. The zero-order valence-electron chi connectivity index (χ0n) is 28.0. The van der Waals surface area contributed by atoms with E-state index in [-0.39, 0.29) is 0 Å². The van der Waals surface area contributed by atoms with E-state index >= 15 is 0 Å². The third-order valence-electron chi connectivity index (χ3n) is 10.4. The smallest absolute Gasteiger partial charge is 0.164 e. The minimum atomic E-state index is 0.610. The van der Waals surface area contributed by atoms with E-state index in [0.717, 1.165) is 84.5 Å². The normalized spacial score (nSPS) is 13.0. The molecule has 3 heterocycles. The molecular formula is C47H29N3O2. The van der Waals surface area contributed by atoms with Crippen molar-refractivity contribution in [3.05, 3.63) is 162 Å². The molecule has 0 bridgehead atoms. The molecular weight excluding hydrogens is 639 g/mol. The van der Waals surface area contributed by atoms with Gasteiger partial charge in [0.1, 0.15) is 22.5 Å². The second-order valence-corrected chi connectivity index (χ2v) is 13.5. The Morgan fingerprint density at radius 2 is 1.00 bits per heavy atom. The summed E-state index contributed by atoms with van der Waals surface area (Å²) < 4.78 is 12.8. The van der Waals surface area contributed by atoms with Crippen LogP contribution in [0.4, 0.5) is 0 Å². The Hall–Kier alpha value is -6.85. The van der Waals surface area contributed by atoms with Crippen molar-refractivity contribution in [2.75, 3.05) is 0 Å². The van der Waals surface area contributed by atoms with Gasteiger partial charge in [0.05, 0.1) is 0 Å². The summed E-state index contributed by atoms with van der Waals surface area (Å²) in [5.74, 6) is 2.85. The van der Waals surface area contributed by atoms with E-state index in [4.69, 9.17) is 23.8 Å². The number of hydrogen-bond acceptors (Lipinski definition) is 5. The predicted molar refractivity (Wildman–Crippen MR) is 211 cm³/mol. The van der Waals surface area contributed by atoms with Crippen molar-refractivity contribution in [3.63, 3.8) is 0 Å². The Morgan fingerprint density at radius 3 is 1.71 bits per heavy atom. The van der Waals surface area contributed by atoms with E-state index in [2.05, 4.69) is 127 Å². The lowest BCUT2D eigenvalue weighted by Crippen LogP contribution is -2.01. The molecule has 0 spiro atoms. The van der Waals surface area contributed by atoms with Gasteiger partial charge in [-0.1, -0.05) is 115 Å². The molecule has 244 valence electrons. The van der Waals surface area contributed by atoms with Crippen LogP contribution in [0.5, 0.6) is 0 Å². The predicted octanol–water partition coefficient (Wildman–Crippen LogP) is 12.3. The summed E-state index contributed by atoms with van der Waals surface area (Å²) in [5.41, 5.74) is 8.95. The molecule has 1 aliphatic rings. The average molecular weight is 668 g/mol. The van der Waals surface area contributed by atoms with Gasteiger partial charge in [0.15, 0.2) is 17.5 Å². The number of benzene rings is 7. The lowest BCUT2D eigenvalue weighted by atomic mass is 9.88. The number of aromatic nitrogens is 3. The standard InChI is InChI=1S/C47H29N3O2/c1-3-11-30-25-33(21-19-28(30)9-1)45-48-46(34-22-20-29-10-2-4-12-31(29)26-34)50-47(49-45)37-15-8-18-42-44(37)38-27-32(23-24-40(38)52-42)35-14-7-17-41-43(35)36-13-5-6-16-39(36)51-41/h1-22,25-27H,23-24H2. The van der Waals surface area contributed by atoms with Crippen LogP contribution in [-0.2, 0) is 6.42 Å². The molecule has 0 saturated carbocycles. The second kappa shape index (κ2) is 11.3. The van der Waals surface area contributed by atoms with Gasteiger partial charge in [-0.15, -0.1) is 0 Å². The molecule has 0 atom stereocenters. The van der Waals surface area contributed by atoms with Crippen LogP contribution in [0, 0.1) is 0 Å². The highest BCUT2D eigenvalue weighted by molar-refractivity contribution is 6.13. The highest BCUT2D eigenvalue weighted by Crippen LogP contribution is 2.43. The summed E-state index contributed by atoms with van der Waals surface area (Å²) >= 11 is 0. The summed E-state index contributed by atoms with van der Waals surface area (Å²) in [6.45, 7) is 0. The van der Waals surface area contributed by atoms with Gasteiger partial charge in [-0.25, -0.2) is 15.0 Å². The fourth-order valence-corrected chi connectivity index (χ4v) is 7.91. The van der Waals surface area contributed by atoms with Gasteiger partial charge in [0.2, 0.25) is 0 Å². The first-order chi connectivity index (χ1) is 25.7. The maximum absolute atomic E-state index is 6.57. The summed E-state index contributed by atoms with van der Waals surface area (Å²) in [5, 5.41) is 7.91. The van der Waals surface area contributed by atoms with Gasteiger partial charge >= 0.3 is 0 Å². The molecule has 3 aromatic heterocycles. The van der Waals surface area contributed by atoms with E-state index in [1.165, 1.54) is 21.9 Å². The molecule has 0 fully saturated rings. The van der Waals surface area contributed by atoms with Gasteiger partial charge in [0.25, 0.3) is 0 Å². The van der Waals surface area contributed by atoms with Gasteiger partial charge < -0.3 is 8.83 Å². The van der Waals surface area contributed by atoms with Crippen LogP contribution >= 0.6 is 0 Å². The van der Waals surface area contributed by atoms with Crippen molar-refractivity contribution < 1.29 is 8.83 Å². The largest absolute Gasteiger partial charge is 0.460 e. The molecule has 52 heavy (non-hydrogen) atoms. The molecule has 1 aliphatic carbocycles. The molecule has 5 heteroatoms. The van der Waals surface area contributed by atoms with Crippen LogP contribution in [0.25, 0.3) is 100 Å². The lowest BCUT2D eigenvalue weighted by molar-refractivity contribution is 0.548. The number of aryl methyl sites for hydroxylation is 1. The Kier molecular flexibility index (Phi) is 6.31. The molecule has 0 aliphatic heterocycles. The molecule has 5 nitrogen and oxygen atoms in total. The number of fused-ring (bicyclic) bond motifs is 8. The number of nitrogens with zero attached hydrogens (tertiary/aromatic N) is 3. The average Bonchev–Trinajstić information content (AvgIpc) is 3.78. The third-order valence-corrected chi connectivity index (χ3v) is 10.4. The van der Waals surface area contributed by atoms with Gasteiger partial charge in [-0.05, 0) is 75.5 Å².